The van der Waals surface area contributed by atoms with Crippen molar-refractivity contribution in [3.8, 4) is 0 Å². The molecule has 0 atom stereocenters. The van der Waals surface area contributed by atoms with Gasteiger partial charge in [0.25, 0.3) is 5.56 Å². The van der Waals surface area contributed by atoms with Crippen LogP contribution in [0.4, 0.5) is 5.82 Å². The summed E-state index contributed by atoms with van der Waals surface area (Å²) >= 11 is 0. The standard InChI is InChI=1S/C14H12N4O/c15-13-10(4-3-7-16-13)8-18-9-17-12-6-2-1-5-11(12)14(18)19/h1-7,9H,8H2,(H2,15,16). The highest BCUT2D eigenvalue weighted by atomic mass is 16.1. The molecule has 0 aliphatic heterocycles. The van der Waals surface area contributed by atoms with E-state index in [9.17, 15) is 4.79 Å². The summed E-state index contributed by atoms with van der Waals surface area (Å²) in [7, 11) is 0. The first-order chi connectivity index (χ1) is 9.25. The van der Waals surface area contributed by atoms with Crippen LogP contribution in [0.1, 0.15) is 5.56 Å². The molecule has 2 heterocycles. The van der Waals surface area contributed by atoms with Crippen molar-refractivity contribution in [1.29, 1.82) is 0 Å². The van der Waals surface area contributed by atoms with Crippen LogP contribution in [-0.4, -0.2) is 14.5 Å². The van der Waals surface area contributed by atoms with Crippen LogP contribution in [0.2, 0.25) is 0 Å². The van der Waals surface area contributed by atoms with Gasteiger partial charge >= 0.3 is 0 Å². The first-order valence-corrected chi connectivity index (χ1v) is 5.89. The molecule has 3 aromatic rings. The van der Waals surface area contributed by atoms with Crippen LogP contribution in [0.25, 0.3) is 10.9 Å². The third-order valence-corrected chi connectivity index (χ3v) is 3.00. The number of nitrogens with two attached hydrogens (primary N) is 1. The molecular formula is C14H12N4O. The highest BCUT2D eigenvalue weighted by molar-refractivity contribution is 5.76. The van der Waals surface area contributed by atoms with E-state index in [1.54, 1.807) is 18.3 Å². The molecule has 94 valence electrons. The summed E-state index contributed by atoms with van der Waals surface area (Å²) in [5.41, 5.74) is 7.21. The first kappa shape index (κ1) is 11.4. The monoisotopic (exact) mass is 252 g/mol. The van der Waals surface area contributed by atoms with E-state index in [0.717, 1.165) is 5.56 Å². The molecule has 0 amide bonds. The van der Waals surface area contributed by atoms with Gasteiger partial charge in [0.1, 0.15) is 5.82 Å². The lowest BCUT2D eigenvalue weighted by Gasteiger charge is -2.08. The molecule has 5 heteroatoms. The number of anilines is 1. The number of pyridine rings is 1. The van der Waals surface area contributed by atoms with Crippen LogP contribution in [0.15, 0.2) is 53.7 Å². The van der Waals surface area contributed by atoms with Gasteiger partial charge in [-0.2, -0.15) is 0 Å². The number of hydrogen-bond acceptors (Lipinski definition) is 4. The van der Waals surface area contributed by atoms with Crippen molar-refractivity contribution < 1.29 is 0 Å². The Morgan fingerprint density at radius 2 is 1.95 bits per heavy atom. The van der Waals surface area contributed by atoms with Gasteiger partial charge in [0, 0.05) is 11.8 Å². The largest absolute Gasteiger partial charge is 0.383 e. The number of fused-ring (bicyclic) bond motifs is 1. The zero-order chi connectivity index (χ0) is 13.2. The number of rotatable bonds is 2. The maximum Gasteiger partial charge on any atom is 0.261 e. The van der Waals surface area contributed by atoms with E-state index in [4.69, 9.17) is 5.73 Å². The molecule has 0 fully saturated rings. The summed E-state index contributed by atoms with van der Waals surface area (Å²) in [6.07, 6.45) is 3.16. The van der Waals surface area contributed by atoms with Crippen LogP contribution in [0.5, 0.6) is 0 Å². The normalized spacial score (nSPS) is 10.7. The van der Waals surface area contributed by atoms with Gasteiger partial charge in [0.15, 0.2) is 0 Å². The Kier molecular flexibility index (Phi) is 2.72. The molecule has 19 heavy (non-hydrogen) atoms. The number of hydrogen-bond donors (Lipinski definition) is 1. The van der Waals surface area contributed by atoms with Gasteiger partial charge in [0.05, 0.1) is 23.8 Å². The van der Waals surface area contributed by atoms with E-state index >= 15 is 0 Å². The van der Waals surface area contributed by atoms with Crippen molar-refractivity contribution >= 4 is 16.7 Å². The van der Waals surface area contributed by atoms with Crippen LogP contribution < -0.4 is 11.3 Å². The molecule has 0 radical (unpaired) electrons. The molecule has 5 nitrogen and oxygen atoms in total. The van der Waals surface area contributed by atoms with Crippen molar-refractivity contribution in [3.05, 3.63) is 64.8 Å². The van der Waals surface area contributed by atoms with Crippen LogP contribution in [-0.2, 0) is 6.54 Å². The predicted octanol–water partition coefficient (Wildman–Crippen LogP) is 1.42. The number of benzene rings is 1. The van der Waals surface area contributed by atoms with Gasteiger partial charge in [-0.05, 0) is 18.2 Å². The fourth-order valence-corrected chi connectivity index (χ4v) is 1.99. The summed E-state index contributed by atoms with van der Waals surface area (Å²) in [4.78, 5) is 20.6. The lowest BCUT2D eigenvalue weighted by molar-refractivity contribution is 0.747. The summed E-state index contributed by atoms with van der Waals surface area (Å²) < 4.78 is 1.54. The highest BCUT2D eigenvalue weighted by Gasteiger charge is 2.05. The SMILES string of the molecule is Nc1ncccc1Cn1cnc2ccccc2c1=O. The fraction of sp³-hybridized carbons (Fsp3) is 0.0714. The third kappa shape index (κ3) is 2.06. The number of aromatic nitrogens is 3. The van der Waals surface area contributed by atoms with Crippen molar-refractivity contribution in [3.63, 3.8) is 0 Å². The zero-order valence-corrected chi connectivity index (χ0v) is 10.2. The molecule has 0 saturated heterocycles. The van der Waals surface area contributed by atoms with Crippen LogP contribution in [0.3, 0.4) is 0 Å². The Morgan fingerprint density at radius 3 is 2.79 bits per heavy atom. The average Bonchev–Trinajstić information content (AvgIpc) is 2.44. The fourth-order valence-electron chi connectivity index (χ4n) is 1.99. The summed E-state index contributed by atoms with van der Waals surface area (Å²) in [6, 6.07) is 10.9. The Morgan fingerprint density at radius 1 is 1.11 bits per heavy atom. The number of nitrogens with zero attached hydrogens (tertiary/aromatic N) is 3. The van der Waals surface area contributed by atoms with Crippen molar-refractivity contribution in [1.82, 2.24) is 14.5 Å². The number of nitrogen functional groups attached to an aromatic ring is 1. The Balaban J connectivity index is 2.10. The van der Waals surface area contributed by atoms with Crippen LogP contribution >= 0.6 is 0 Å². The predicted molar refractivity (Wildman–Crippen MR) is 73.8 cm³/mol. The topological polar surface area (TPSA) is 73.8 Å². The average molecular weight is 252 g/mol. The van der Waals surface area contributed by atoms with E-state index in [1.807, 2.05) is 24.3 Å². The molecule has 3 rings (SSSR count). The minimum Gasteiger partial charge on any atom is -0.383 e. The molecule has 2 N–H and O–H groups in total. The van der Waals surface area contributed by atoms with Crippen molar-refractivity contribution in [2.75, 3.05) is 5.73 Å². The third-order valence-electron chi connectivity index (χ3n) is 3.00. The number of para-hydroxylation sites is 1. The molecule has 0 aliphatic rings. The van der Waals surface area contributed by atoms with Crippen molar-refractivity contribution in [2.24, 2.45) is 0 Å². The van der Waals surface area contributed by atoms with Gasteiger partial charge in [-0.1, -0.05) is 18.2 Å². The van der Waals surface area contributed by atoms with E-state index in [-0.39, 0.29) is 5.56 Å². The molecular weight excluding hydrogens is 240 g/mol. The lowest BCUT2D eigenvalue weighted by Crippen LogP contribution is -2.21. The Labute approximate surface area is 109 Å². The summed E-state index contributed by atoms with van der Waals surface area (Å²) in [6.45, 7) is 0.371. The molecule has 2 aromatic heterocycles. The van der Waals surface area contributed by atoms with E-state index in [0.29, 0.717) is 23.3 Å². The molecule has 0 bridgehead atoms. The van der Waals surface area contributed by atoms with Gasteiger partial charge < -0.3 is 5.73 Å². The lowest BCUT2D eigenvalue weighted by atomic mass is 10.2. The Bertz CT molecular complexity index is 795. The first-order valence-electron chi connectivity index (χ1n) is 5.89. The minimum absolute atomic E-state index is 0.0751. The smallest absolute Gasteiger partial charge is 0.261 e. The van der Waals surface area contributed by atoms with E-state index in [2.05, 4.69) is 9.97 Å². The minimum atomic E-state index is -0.0751. The van der Waals surface area contributed by atoms with Crippen molar-refractivity contribution in [2.45, 2.75) is 6.54 Å². The second-order valence-electron chi connectivity index (χ2n) is 4.24. The second kappa shape index (κ2) is 4.53. The van der Waals surface area contributed by atoms with Gasteiger partial charge in [0.2, 0.25) is 0 Å². The van der Waals surface area contributed by atoms with Gasteiger partial charge in [-0.15, -0.1) is 0 Å². The summed E-state index contributed by atoms with van der Waals surface area (Å²) in [5, 5.41) is 0.604. The molecule has 0 unspecified atom stereocenters. The summed E-state index contributed by atoms with van der Waals surface area (Å²) in [5.74, 6) is 0.433. The van der Waals surface area contributed by atoms with E-state index in [1.165, 1.54) is 10.9 Å². The molecule has 0 aliphatic carbocycles. The van der Waals surface area contributed by atoms with Gasteiger partial charge in [-0.3, -0.25) is 9.36 Å². The molecule has 0 saturated carbocycles. The van der Waals surface area contributed by atoms with Gasteiger partial charge in [-0.25, -0.2) is 9.97 Å². The molecule has 1 aromatic carbocycles. The van der Waals surface area contributed by atoms with Crippen LogP contribution in [0, 0.1) is 0 Å². The maximum absolute atomic E-state index is 12.3. The quantitative estimate of drug-likeness (QED) is 0.748. The molecule has 0 spiro atoms. The van der Waals surface area contributed by atoms with E-state index < -0.39 is 0 Å². The highest BCUT2D eigenvalue weighted by Crippen LogP contribution is 2.09. The Hall–Kier alpha value is -2.69. The maximum atomic E-state index is 12.3. The zero-order valence-electron chi connectivity index (χ0n) is 10.2. The second-order valence-corrected chi connectivity index (χ2v) is 4.24.